The van der Waals surface area contributed by atoms with E-state index in [4.69, 9.17) is 14.1 Å². The summed E-state index contributed by atoms with van der Waals surface area (Å²) in [5.41, 5.74) is 5.88. The normalized spacial score (nSPS) is 15.3. The number of hydrogen-bond donors (Lipinski definition) is 1. The number of piperidine rings is 2. The highest BCUT2D eigenvalue weighted by Gasteiger charge is 2.22. The molecule has 59 heavy (non-hydrogen) atoms. The van der Waals surface area contributed by atoms with Crippen LogP contribution >= 0.6 is 69.8 Å². The zero-order valence-corrected chi connectivity index (χ0v) is 41.5. The SMILES string of the molecule is CCSc1cnc2c(Nc3cc(CN4CCCCC4)ns3)nc(C)cn12.Cc1cn2c(I)cnc2c(N(COCC[Si](C)(C)C)c2cc(CN3CCCCC3)ns2)n1.Cl. The van der Waals surface area contributed by atoms with E-state index in [0.29, 0.717) is 6.73 Å². The van der Waals surface area contributed by atoms with Gasteiger partial charge in [0.15, 0.2) is 22.9 Å². The van der Waals surface area contributed by atoms with E-state index >= 15 is 0 Å². The fourth-order valence-electron chi connectivity index (χ4n) is 7.19. The average Bonchev–Trinajstić information content (AvgIpc) is 4.01. The monoisotopic (exact) mass is 1010 g/mol. The van der Waals surface area contributed by atoms with Gasteiger partial charge in [-0.1, -0.05) is 39.4 Å². The van der Waals surface area contributed by atoms with Crippen molar-refractivity contribution in [3.8, 4) is 0 Å². The van der Waals surface area contributed by atoms with Crippen LogP contribution < -0.4 is 10.2 Å². The maximum Gasteiger partial charge on any atom is 0.181 e. The second-order valence-electron chi connectivity index (χ2n) is 16.3. The second kappa shape index (κ2) is 21.6. The Hall–Kier alpha value is -2.43. The summed E-state index contributed by atoms with van der Waals surface area (Å²) in [5.74, 6) is 2.64. The molecule has 320 valence electrons. The highest BCUT2D eigenvalue weighted by molar-refractivity contribution is 14.1. The van der Waals surface area contributed by atoms with Crippen molar-refractivity contribution in [1.82, 2.24) is 47.3 Å². The van der Waals surface area contributed by atoms with Gasteiger partial charge >= 0.3 is 0 Å². The lowest BCUT2D eigenvalue weighted by molar-refractivity contribution is 0.153. The summed E-state index contributed by atoms with van der Waals surface area (Å²) in [5, 5.41) is 6.66. The first kappa shape index (κ1) is 46.1. The van der Waals surface area contributed by atoms with Gasteiger partial charge in [-0.2, -0.15) is 8.75 Å². The molecule has 6 aromatic rings. The molecule has 0 bridgehead atoms. The number of halogens is 2. The third-order valence-corrected chi connectivity index (χ3v) is 15.2. The van der Waals surface area contributed by atoms with Crippen LogP contribution in [0.2, 0.25) is 25.7 Å². The van der Waals surface area contributed by atoms with Crippen molar-refractivity contribution >= 4 is 111 Å². The topological polar surface area (TPSA) is 117 Å². The average molecular weight is 1010 g/mol. The first-order valence-electron chi connectivity index (χ1n) is 20.5. The maximum atomic E-state index is 6.19. The Labute approximate surface area is 382 Å². The van der Waals surface area contributed by atoms with Gasteiger partial charge in [-0.05, 0) is 135 Å². The molecular weight excluding hydrogens is 951 g/mol. The van der Waals surface area contributed by atoms with E-state index in [9.17, 15) is 0 Å². The zero-order chi connectivity index (χ0) is 40.6. The predicted molar refractivity (Wildman–Crippen MR) is 259 cm³/mol. The van der Waals surface area contributed by atoms with Crippen LogP contribution in [0, 0.1) is 17.5 Å². The highest BCUT2D eigenvalue weighted by Crippen LogP contribution is 2.33. The van der Waals surface area contributed by atoms with Crippen molar-refractivity contribution < 1.29 is 4.74 Å². The molecule has 0 atom stereocenters. The Morgan fingerprint density at radius 3 is 2.14 bits per heavy atom. The molecule has 0 aromatic carbocycles. The minimum absolute atomic E-state index is 0. The van der Waals surface area contributed by atoms with E-state index in [0.717, 1.165) is 95.9 Å². The number of fused-ring (bicyclic) bond motifs is 2. The van der Waals surface area contributed by atoms with Crippen LogP contribution in [-0.4, -0.2) is 101 Å². The number of imidazole rings is 2. The second-order valence-corrected chi connectivity index (χ2v) is 25.9. The van der Waals surface area contributed by atoms with Crippen LogP contribution in [0.1, 0.15) is 68.2 Å². The minimum atomic E-state index is -1.15. The number of aryl methyl sites for hydroxylation is 2. The van der Waals surface area contributed by atoms with E-state index in [1.54, 1.807) is 11.8 Å². The maximum absolute atomic E-state index is 6.19. The van der Waals surface area contributed by atoms with Gasteiger partial charge in [-0.15, -0.1) is 24.2 Å². The van der Waals surface area contributed by atoms with Gasteiger partial charge < -0.3 is 10.1 Å². The fourth-order valence-corrected chi connectivity index (χ4v) is 10.6. The Morgan fingerprint density at radius 1 is 0.831 bits per heavy atom. The molecular formula is C40H58ClIN12OS3Si. The van der Waals surface area contributed by atoms with E-state index in [1.807, 2.05) is 38.6 Å². The van der Waals surface area contributed by atoms with E-state index in [-0.39, 0.29) is 12.4 Å². The van der Waals surface area contributed by atoms with Gasteiger partial charge in [-0.25, -0.2) is 19.9 Å². The van der Waals surface area contributed by atoms with Crippen LogP contribution in [-0.2, 0) is 17.8 Å². The predicted octanol–water partition coefficient (Wildman–Crippen LogP) is 10.3. The number of aromatic nitrogens is 8. The third-order valence-electron chi connectivity index (χ3n) is 10.2. The van der Waals surface area contributed by atoms with Crippen LogP contribution in [0.3, 0.4) is 0 Å². The Kier molecular flexibility index (Phi) is 16.9. The van der Waals surface area contributed by atoms with Crippen molar-refractivity contribution in [1.29, 1.82) is 0 Å². The summed E-state index contributed by atoms with van der Waals surface area (Å²) in [4.78, 5) is 25.9. The van der Waals surface area contributed by atoms with Gasteiger partial charge in [0.05, 0.1) is 40.2 Å². The molecule has 8 heterocycles. The van der Waals surface area contributed by atoms with Crippen molar-refractivity contribution in [3.05, 3.63) is 63.4 Å². The number of ether oxygens (including phenoxy) is 1. The summed E-state index contributed by atoms with van der Waals surface area (Å²) in [6, 6.07) is 5.49. The molecule has 19 heteroatoms. The summed E-state index contributed by atoms with van der Waals surface area (Å²) in [7, 11) is -1.15. The number of nitrogens with zero attached hydrogens (tertiary/aromatic N) is 11. The quantitative estimate of drug-likeness (QED) is 0.0347. The Bertz CT molecular complexity index is 2250. The highest BCUT2D eigenvalue weighted by atomic mass is 127. The Morgan fingerprint density at radius 2 is 1.46 bits per heavy atom. The number of likely N-dealkylation sites (tertiary alicyclic amines) is 2. The van der Waals surface area contributed by atoms with Gasteiger partial charge in [0, 0.05) is 40.2 Å². The smallest absolute Gasteiger partial charge is 0.181 e. The lowest BCUT2D eigenvalue weighted by atomic mass is 10.1. The van der Waals surface area contributed by atoms with E-state index in [2.05, 4.69) is 109 Å². The van der Waals surface area contributed by atoms with Crippen molar-refractivity contribution in [2.75, 3.05) is 55.5 Å². The Balaban J connectivity index is 0.000000199. The van der Waals surface area contributed by atoms with Crippen LogP contribution in [0.15, 0.2) is 41.9 Å². The van der Waals surface area contributed by atoms with Crippen molar-refractivity contribution in [2.24, 2.45) is 0 Å². The van der Waals surface area contributed by atoms with Gasteiger partial charge in [0.2, 0.25) is 0 Å². The van der Waals surface area contributed by atoms with Gasteiger partial charge in [0.1, 0.15) is 20.4 Å². The first-order chi connectivity index (χ1) is 28.0. The molecule has 0 radical (unpaired) electrons. The standard InChI is InChI=1S/C22H33IN6OSSi.C18H24N6S2.ClH/c1-17-14-28-19(23)13-24-21(28)22(25-17)29(16-30-10-11-32(2,3)4)20-12-18(26-31-20)15-27-8-6-5-7-9-27;1-3-25-16-10-19-18-17(20-13(2)11-24(16)18)21-15-9-14(22-26-15)12-23-7-5-4-6-8-23;/h12-14H,5-11,15-16H2,1-4H3;9-11H,3-8,12H2,1-2H3,(H,20,21);1H. The van der Waals surface area contributed by atoms with Crippen molar-refractivity contribution in [2.45, 2.75) is 103 Å². The van der Waals surface area contributed by atoms with E-state index in [1.165, 1.54) is 87.8 Å². The van der Waals surface area contributed by atoms with Crippen molar-refractivity contribution in [3.63, 3.8) is 0 Å². The molecule has 0 amide bonds. The molecule has 2 aliphatic rings. The molecule has 0 aliphatic carbocycles. The fraction of sp³-hybridized carbons (Fsp3) is 0.550. The molecule has 13 nitrogen and oxygen atoms in total. The van der Waals surface area contributed by atoms with E-state index < -0.39 is 8.07 Å². The number of nitrogens with one attached hydrogen (secondary N) is 1. The number of hydrogen-bond acceptors (Lipinski definition) is 14. The lowest BCUT2D eigenvalue weighted by Crippen LogP contribution is -2.29. The molecule has 2 saturated heterocycles. The molecule has 2 aliphatic heterocycles. The molecule has 8 rings (SSSR count). The summed E-state index contributed by atoms with van der Waals surface area (Å²) >= 11 is 7.12. The number of rotatable bonds is 15. The molecule has 0 unspecified atom stereocenters. The summed E-state index contributed by atoms with van der Waals surface area (Å²) < 4.78 is 20.9. The largest absolute Gasteiger partial charge is 0.361 e. The van der Waals surface area contributed by atoms with Crippen LogP contribution in [0.4, 0.5) is 21.6 Å². The zero-order valence-electron chi connectivity index (χ0n) is 35.1. The lowest BCUT2D eigenvalue weighted by Gasteiger charge is -2.25. The van der Waals surface area contributed by atoms with Crippen LogP contribution in [0.5, 0.6) is 0 Å². The van der Waals surface area contributed by atoms with Gasteiger partial charge in [-0.3, -0.25) is 23.5 Å². The summed E-state index contributed by atoms with van der Waals surface area (Å²) in [6.45, 7) is 21.1. The van der Waals surface area contributed by atoms with Crippen LogP contribution in [0.25, 0.3) is 11.3 Å². The molecule has 1 N–H and O–H groups in total. The molecule has 0 saturated carbocycles. The summed E-state index contributed by atoms with van der Waals surface area (Å²) in [6.07, 6.45) is 15.8. The number of thioether (sulfide) groups is 1. The number of anilines is 4. The molecule has 2 fully saturated rings. The van der Waals surface area contributed by atoms with Gasteiger partial charge in [0.25, 0.3) is 0 Å². The third kappa shape index (κ3) is 12.6. The molecule has 0 spiro atoms. The first-order valence-corrected chi connectivity index (χ1v) is 27.8. The molecule has 6 aromatic heterocycles. The minimum Gasteiger partial charge on any atom is -0.361 e.